The molecule has 0 atom stereocenters. The van der Waals surface area contributed by atoms with E-state index in [0.717, 1.165) is 4.90 Å². The Hall–Kier alpha value is -2.78. The van der Waals surface area contributed by atoms with Gasteiger partial charge in [-0.25, -0.2) is 4.79 Å². The fourth-order valence-corrected chi connectivity index (χ4v) is 4.20. The number of nitrogens with one attached hydrogen (secondary N) is 1. The fourth-order valence-electron chi connectivity index (χ4n) is 3.53. The van der Waals surface area contributed by atoms with Gasteiger partial charge in [-0.15, -0.1) is 11.8 Å². The molecule has 29 heavy (non-hydrogen) atoms. The molecule has 1 aliphatic carbocycles. The van der Waals surface area contributed by atoms with E-state index in [1.165, 1.54) is 49.4 Å². The van der Waals surface area contributed by atoms with E-state index in [0.29, 0.717) is 22.9 Å². The molecule has 0 aromatic heterocycles. The van der Waals surface area contributed by atoms with Crippen molar-refractivity contribution in [3.8, 4) is 6.07 Å². The van der Waals surface area contributed by atoms with Gasteiger partial charge < -0.3 is 10.1 Å². The molecule has 1 N–H and O–H groups in total. The average Bonchev–Trinajstić information content (AvgIpc) is 2.77. The van der Waals surface area contributed by atoms with Crippen LogP contribution in [0.25, 0.3) is 0 Å². The number of anilines is 1. The van der Waals surface area contributed by atoms with E-state index in [4.69, 9.17) is 10.00 Å². The van der Waals surface area contributed by atoms with Crippen LogP contribution in [0.5, 0.6) is 0 Å². The predicted molar refractivity (Wildman–Crippen MR) is 114 cm³/mol. The summed E-state index contributed by atoms with van der Waals surface area (Å²) in [5.74, 6) is -0.0538. The molecule has 1 amide bonds. The smallest absolute Gasteiger partial charge is 0.338 e. The first kappa shape index (κ1) is 20.9. The van der Waals surface area contributed by atoms with E-state index in [1.54, 1.807) is 24.3 Å². The van der Waals surface area contributed by atoms with Gasteiger partial charge in [-0.05, 0) is 48.6 Å². The molecule has 0 saturated heterocycles. The molecule has 3 rings (SSSR count). The highest BCUT2D eigenvalue weighted by molar-refractivity contribution is 7.99. The van der Waals surface area contributed by atoms with Crippen LogP contribution in [0.4, 0.5) is 5.69 Å². The van der Waals surface area contributed by atoms with Crippen LogP contribution < -0.4 is 5.32 Å². The van der Waals surface area contributed by atoms with Gasteiger partial charge in [-0.2, -0.15) is 5.26 Å². The molecule has 0 radical (unpaired) electrons. The first-order chi connectivity index (χ1) is 14.2. The van der Waals surface area contributed by atoms with Gasteiger partial charge in [-0.1, -0.05) is 43.5 Å². The van der Waals surface area contributed by atoms with Gasteiger partial charge in [0.1, 0.15) is 0 Å². The number of benzene rings is 2. The Morgan fingerprint density at radius 2 is 1.79 bits per heavy atom. The molecule has 0 unspecified atom stereocenters. The molecular weight excluding hydrogens is 384 g/mol. The molecule has 5 nitrogen and oxygen atoms in total. The minimum atomic E-state index is -0.512. The number of amides is 1. The lowest BCUT2D eigenvalue weighted by Gasteiger charge is -2.21. The van der Waals surface area contributed by atoms with Crippen LogP contribution in [0.2, 0.25) is 0 Å². The Bertz CT molecular complexity index is 884. The number of ether oxygens (including phenoxy) is 1. The minimum Gasteiger partial charge on any atom is -0.452 e. The Morgan fingerprint density at radius 1 is 1.07 bits per heavy atom. The molecule has 1 aliphatic rings. The maximum absolute atomic E-state index is 12.3. The summed E-state index contributed by atoms with van der Waals surface area (Å²) in [6, 6.07) is 16.8. The van der Waals surface area contributed by atoms with E-state index in [2.05, 4.69) is 11.4 Å². The highest BCUT2D eigenvalue weighted by atomic mass is 32.2. The number of esters is 1. The zero-order valence-corrected chi connectivity index (χ0v) is 17.0. The maximum Gasteiger partial charge on any atom is 0.338 e. The lowest BCUT2D eigenvalue weighted by Crippen LogP contribution is -2.21. The number of rotatable bonds is 7. The van der Waals surface area contributed by atoms with Gasteiger partial charge >= 0.3 is 5.97 Å². The number of hydrogen-bond donors (Lipinski definition) is 1. The van der Waals surface area contributed by atoms with Crippen molar-refractivity contribution in [2.75, 3.05) is 17.7 Å². The topological polar surface area (TPSA) is 79.2 Å². The number of thioether (sulfide) groups is 1. The maximum atomic E-state index is 12.3. The van der Waals surface area contributed by atoms with Crippen molar-refractivity contribution in [3.63, 3.8) is 0 Å². The molecule has 1 saturated carbocycles. The SMILES string of the molecule is N#CCSc1ccccc1NC(=O)COC(=O)c1ccc(C2CCCCC2)cc1. The number of nitriles is 1. The lowest BCUT2D eigenvalue weighted by atomic mass is 9.84. The Balaban J connectivity index is 1.51. The largest absolute Gasteiger partial charge is 0.452 e. The van der Waals surface area contributed by atoms with Crippen molar-refractivity contribution in [2.24, 2.45) is 0 Å². The summed E-state index contributed by atoms with van der Waals surface area (Å²) >= 11 is 1.34. The molecule has 6 heteroatoms. The molecule has 0 spiro atoms. The Morgan fingerprint density at radius 3 is 2.52 bits per heavy atom. The van der Waals surface area contributed by atoms with Crippen molar-refractivity contribution >= 4 is 29.3 Å². The number of carbonyl (C=O) groups is 2. The van der Waals surface area contributed by atoms with Crippen molar-refractivity contribution in [3.05, 3.63) is 59.7 Å². The van der Waals surface area contributed by atoms with Gasteiger partial charge in [0.25, 0.3) is 5.91 Å². The molecule has 0 aliphatic heterocycles. The summed E-state index contributed by atoms with van der Waals surface area (Å²) in [6.45, 7) is -0.361. The summed E-state index contributed by atoms with van der Waals surface area (Å²) in [4.78, 5) is 25.2. The van der Waals surface area contributed by atoms with E-state index in [9.17, 15) is 9.59 Å². The summed E-state index contributed by atoms with van der Waals surface area (Å²) in [5.41, 5.74) is 2.32. The van der Waals surface area contributed by atoms with Gasteiger partial charge in [-0.3, -0.25) is 4.79 Å². The standard InChI is InChI=1S/C23H24N2O3S/c24-14-15-29-21-9-5-4-8-20(21)25-22(26)16-28-23(27)19-12-10-18(11-13-19)17-6-2-1-3-7-17/h4-5,8-13,17H,1-3,6-7,15-16H2,(H,25,26). The van der Waals surface area contributed by atoms with E-state index in [1.807, 2.05) is 24.3 Å². The third kappa shape index (κ3) is 6.10. The van der Waals surface area contributed by atoms with Crippen LogP contribution in [0.1, 0.15) is 53.9 Å². The van der Waals surface area contributed by atoms with Crippen LogP contribution >= 0.6 is 11.8 Å². The van der Waals surface area contributed by atoms with E-state index < -0.39 is 11.9 Å². The molecule has 2 aromatic rings. The summed E-state index contributed by atoms with van der Waals surface area (Å²) in [5, 5.41) is 11.5. The quantitative estimate of drug-likeness (QED) is 0.506. The molecule has 2 aromatic carbocycles. The highest BCUT2D eigenvalue weighted by Crippen LogP contribution is 2.32. The second-order valence-corrected chi connectivity index (χ2v) is 8.04. The minimum absolute atomic E-state index is 0.290. The van der Waals surface area contributed by atoms with Gasteiger partial charge in [0.2, 0.25) is 0 Å². The summed E-state index contributed by atoms with van der Waals surface area (Å²) < 4.78 is 5.16. The summed E-state index contributed by atoms with van der Waals surface area (Å²) in [6.07, 6.45) is 6.25. The third-order valence-corrected chi connectivity index (χ3v) is 5.95. The fraction of sp³-hybridized carbons (Fsp3) is 0.348. The summed E-state index contributed by atoms with van der Waals surface area (Å²) in [7, 11) is 0. The number of hydrogen-bond acceptors (Lipinski definition) is 5. The first-order valence-corrected chi connectivity index (χ1v) is 10.8. The van der Waals surface area contributed by atoms with Crippen LogP contribution in [0.3, 0.4) is 0 Å². The second kappa shape index (κ2) is 10.7. The number of carbonyl (C=O) groups excluding carboxylic acids is 2. The van der Waals surface area contributed by atoms with Crippen molar-refractivity contribution < 1.29 is 14.3 Å². The second-order valence-electron chi connectivity index (χ2n) is 7.02. The molecule has 150 valence electrons. The van der Waals surface area contributed by atoms with Crippen LogP contribution in [-0.2, 0) is 9.53 Å². The van der Waals surface area contributed by atoms with E-state index in [-0.39, 0.29) is 6.61 Å². The third-order valence-electron chi connectivity index (χ3n) is 5.01. The number of para-hydroxylation sites is 1. The zero-order chi connectivity index (χ0) is 20.5. The van der Waals surface area contributed by atoms with Crippen molar-refractivity contribution in [1.82, 2.24) is 0 Å². The monoisotopic (exact) mass is 408 g/mol. The van der Waals surface area contributed by atoms with Crippen LogP contribution in [0.15, 0.2) is 53.4 Å². The van der Waals surface area contributed by atoms with Gasteiger partial charge in [0, 0.05) is 4.90 Å². The van der Waals surface area contributed by atoms with Crippen LogP contribution in [-0.4, -0.2) is 24.2 Å². The normalized spacial score (nSPS) is 14.0. The van der Waals surface area contributed by atoms with Crippen molar-refractivity contribution in [2.45, 2.75) is 42.9 Å². The van der Waals surface area contributed by atoms with E-state index >= 15 is 0 Å². The number of nitrogens with zero attached hydrogens (tertiary/aromatic N) is 1. The molecular formula is C23H24N2O3S. The van der Waals surface area contributed by atoms with Gasteiger partial charge in [0.05, 0.1) is 23.1 Å². The Kier molecular flexibility index (Phi) is 7.71. The molecule has 0 heterocycles. The zero-order valence-electron chi connectivity index (χ0n) is 16.2. The predicted octanol–water partition coefficient (Wildman–Crippen LogP) is 5.15. The average molecular weight is 409 g/mol. The molecule has 0 bridgehead atoms. The van der Waals surface area contributed by atoms with Gasteiger partial charge in [0.15, 0.2) is 6.61 Å². The lowest BCUT2D eigenvalue weighted by molar-refractivity contribution is -0.119. The highest BCUT2D eigenvalue weighted by Gasteiger charge is 2.17. The Labute approximate surface area is 175 Å². The molecule has 1 fully saturated rings. The van der Waals surface area contributed by atoms with Crippen LogP contribution in [0, 0.1) is 11.3 Å². The van der Waals surface area contributed by atoms with Crippen molar-refractivity contribution in [1.29, 1.82) is 5.26 Å². The first-order valence-electron chi connectivity index (χ1n) is 9.83.